The molecule has 2 unspecified atom stereocenters. The first-order valence-electron chi connectivity index (χ1n) is 7.68. The van der Waals surface area contributed by atoms with Crippen molar-refractivity contribution in [3.05, 3.63) is 35.6 Å². The zero-order valence-electron chi connectivity index (χ0n) is 14.7. The number of amides is 1. The Labute approximate surface area is 141 Å². The molecule has 0 radical (unpaired) electrons. The van der Waals surface area contributed by atoms with Crippen LogP contribution in [0.15, 0.2) is 24.3 Å². The van der Waals surface area contributed by atoms with Crippen LogP contribution in [0, 0.1) is 5.82 Å². The lowest BCUT2D eigenvalue weighted by Gasteiger charge is -2.23. The summed E-state index contributed by atoms with van der Waals surface area (Å²) in [4.78, 5) is 23.6. The van der Waals surface area contributed by atoms with Crippen molar-refractivity contribution < 1.29 is 23.5 Å². The number of rotatable bonds is 6. The van der Waals surface area contributed by atoms with Crippen LogP contribution >= 0.6 is 0 Å². The second kappa shape index (κ2) is 8.63. The Balaban J connectivity index is 2.63. The average molecular weight is 340 g/mol. The van der Waals surface area contributed by atoms with E-state index < -0.39 is 23.7 Å². The summed E-state index contributed by atoms with van der Waals surface area (Å²) in [6, 6.07) is 4.53. The molecule has 0 aliphatic carbocycles. The van der Waals surface area contributed by atoms with Crippen molar-refractivity contribution in [3.8, 4) is 0 Å². The monoisotopic (exact) mass is 340 g/mol. The van der Waals surface area contributed by atoms with Crippen LogP contribution in [0.3, 0.4) is 0 Å². The van der Waals surface area contributed by atoms with Crippen LogP contribution in [0.25, 0.3) is 0 Å². The van der Waals surface area contributed by atoms with Crippen molar-refractivity contribution in [3.63, 3.8) is 0 Å². The standard InChI is InChI=1S/C17H25FN2O4/c1-11(20-16(22)24-17(2,3)4)10-19-14(15(21)23-5)12-6-8-13(18)9-7-12/h6-9,11,14,19H,10H2,1-5H3,(H,20,22). The van der Waals surface area contributed by atoms with Crippen LogP contribution in [-0.2, 0) is 14.3 Å². The minimum absolute atomic E-state index is 0.285. The highest BCUT2D eigenvalue weighted by Gasteiger charge is 2.23. The number of carbonyl (C=O) groups excluding carboxylic acids is 2. The number of hydrogen-bond acceptors (Lipinski definition) is 5. The average Bonchev–Trinajstić information content (AvgIpc) is 2.46. The zero-order chi connectivity index (χ0) is 18.3. The van der Waals surface area contributed by atoms with Gasteiger partial charge in [0.25, 0.3) is 0 Å². The summed E-state index contributed by atoms with van der Waals surface area (Å²) in [5.74, 6) is -0.881. The highest BCUT2D eigenvalue weighted by Crippen LogP contribution is 2.15. The van der Waals surface area contributed by atoms with E-state index in [2.05, 4.69) is 10.6 Å². The van der Waals surface area contributed by atoms with Gasteiger partial charge in [0.15, 0.2) is 0 Å². The molecule has 1 aromatic carbocycles. The molecule has 0 aliphatic heterocycles. The molecule has 0 saturated heterocycles. The Hall–Kier alpha value is -2.15. The van der Waals surface area contributed by atoms with Crippen LogP contribution in [0.4, 0.5) is 9.18 Å². The first-order valence-corrected chi connectivity index (χ1v) is 7.68. The second-order valence-electron chi connectivity index (χ2n) is 6.46. The molecule has 0 bridgehead atoms. The minimum Gasteiger partial charge on any atom is -0.468 e. The molecular formula is C17H25FN2O4. The maximum atomic E-state index is 13.0. The van der Waals surface area contributed by atoms with Gasteiger partial charge in [0, 0.05) is 12.6 Å². The van der Waals surface area contributed by atoms with Gasteiger partial charge < -0.3 is 14.8 Å². The van der Waals surface area contributed by atoms with E-state index in [0.717, 1.165) is 0 Å². The van der Waals surface area contributed by atoms with E-state index in [9.17, 15) is 14.0 Å². The van der Waals surface area contributed by atoms with Crippen molar-refractivity contribution in [2.24, 2.45) is 0 Å². The lowest BCUT2D eigenvalue weighted by Crippen LogP contribution is -2.44. The predicted molar refractivity (Wildman–Crippen MR) is 88.0 cm³/mol. The zero-order valence-corrected chi connectivity index (χ0v) is 14.7. The van der Waals surface area contributed by atoms with Crippen molar-refractivity contribution in [2.45, 2.75) is 45.4 Å². The van der Waals surface area contributed by atoms with E-state index in [1.807, 2.05) is 0 Å². The highest BCUT2D eigenvalue weighted by atomic mass is 19.1. The van der Waals surface area contributed by atoms with Crippen LogP contribution in [0.1, 0.15) is 39.3 Å². The van der Waals surface area contributed by atoms with Gasteiger partial charge in [-0.1, -0.05) is 12.1 Å². The molecule has 1 amide bonds. The normalized spacial score (nSPS) is 13.8. The van der Waals surface area contributed by atoms with Gasteiger partial charge in [-0.25, -0.2) is 14.0 Å². The first kappa shape index (κ1) is 19.9. The van der Waals surface area contributed by atoms with Crippen molar-refractivity contribution in [2.75, 3.05) is 13.7 Å². The van der Waals surface area contributed by atoms with Crippen LogP contribution in [-0.4, -0.2) is 37.4 Å². The summed E-state index contributed by atoms with van der Waals surface area (Å²) >= 11 is 0. The lowest BCUT2D eigenvalue weighted by molar-refractivity contribution is -0.143. The fraction of sp³-hybridized carbons (Fsp3) is 0.529. The number of carbonyl (C=O) groups is 2. The van der Waals surface area contributed by atoms with Crippen LogP contribution in [0.2, 0.25) is 0 Å². The Bertz CT molecular complexity index is 555. The van der Waals surface area contributed by atoms with E-state index in [0.29, 0.717) is 12.1 Å². The number of alkyl carbamates (subject to hydrolysis) is 1. The number of ether oxygens (including phenoxy) is 2. The van der Waals surface area contributed by atoms with E-state index >= 15 is 0 Å². The Kier molecular flexibility index (Phi) is 7.16. The van der Waals surface area contributed by atoms with E-state index in [1.54, 1.807) is 27.7 Å². The fourth-order valence-corrected chi connectivity index (χ4v) is 1.96. The topological polar surface area (TPSA) is 76.7 Å². The minimum atomic E-state index is -0.751. The molecule has 7 heteroatoms. The van der Waals surface area contributed by atoms with Gasteiger partial charge in [-0.15, -0.1) is 0 Å². The fourth-order valence-electron chi connectivity index (χ4n) is 1.96. The van der Waals surface area contributed by atoms with Crippen molar-refractivity contribution in [1.29, 1.82) is 0 Å². The Morgan fingerprint density at radius 2 is 1.79 bits per heavy atom. The Morgan fingerprint density at radius 3 is 2.29 bits per heavy atom. The third-order valence-electron chi connectivity index (χ3n) is 3.03. The summed E-state index contributed by atoms with van der Waals surface area (Å²) in [5, 5.41) is 5.68. The molecule has 0 fully saturated rings. The molecular weight excluding hydrogens is 315 g/mol. The van der Waals surface area contributed by atoms with Gasteiger partial charge in [0.1, 0.15) is 17.5 Å². The Morgan fingerprint density at radius 1 is 1.21 bits per heavy atom. The molecule has 0 spiro atoms. The summed E-state index contributed by atoms with van der Waals surface area (Å²) < 4.78 is 23.0. The molecule has 1 rings (SSSR count). The van der Waals surface area contributed by atoms with Crippen molar-refractivity contribution >= 4 is 12.1 Å². The maximum Gasteiger partial charge on any atom is 0.407 e. The summed E-state index contributed by atoms with van der Waals surface area (Å²) in [6.07, 6.45) is -0.534. The van der Waals surface area contributed by atoms with E-state index in [-0.39, 0.29) is 11.9 Å². The third kappa shape index (κ3) is 6.95. The SMILES string of the molecule is COC(=O)C(NCC(C)NC(=O)OC(C)(C)C)c1ccc(F)cc1. The molecule has 2 atom stereocenters. The number of benzene rings is 1. The van der Waals surface area contributed by atoms with Gasteiger partial charge in [0.2, 0.25) is 0 Å². The third-order valence-corrected chi connectivity index (χ3v) is 3.03. The van der Waals surface area contributed by atoms with Gasteiger partial charge in [-0.05, 0) is 45.4 Å². The van der Waals surface area contributed by atoms with Crippen LogP contribution < -0.4 is 10.6 Å². The van der Waals surface area contributed by atoms with E-state index in [4.69, 9.17) is 9.47 Å². The first-order chi connectivity index (χ1) is 11.1. The predicted octanol–water partition coefficient (Wildman–Crippen LogP) is 2.54. The van der Waals surface area contributed by atoms with Gasteiger partial charge in [-0.3, -0.25) is 5.32 Å². The van der Waals surface area contributed by atoms with E-state index in [1.165, 1.54) is 31.4 Å². The number of halogens is 1. The largest absolute Gasteiger partial charge is 0.468 e. The van der Waals surface area contributed by atoms with Gasteiger partial charge in [-0.2, -0.15) is 0 Å². The smallest absolute Gasteiger partial charge is 0.407 e. The number of esters is 1. The van der Waals surface area contributed by atoms with Gasteiger partial charge in [0.05, 0.1) is 7.11 Å². The van der Waals surface area contributed by atoms with Crippen LogP contribution in [0.5, 0.6) is 0 Å². The summed E-state index contributed by atoms with van der Waals surface area (Å²) in [7, 11) is 1.28. The van der Waals surface area contributed by atoms with Gasteiger partial charge >= 0.3 is 12.1 Å². The number of hydrogen-bond donors (Lipinski definition) is 2. The summed E-state index contributed by atoms with van der Waals surface area (Å²) in [5.41, 5.74) is -0.00685. The number of methoxy groups -OCH3 is 1. The molecule has 0 saturated carbocycles. The molecule has 0 aliphatic rings. The highest BCUT2D eigenvalue weighted by molar-refractivity contribution is 5.77. The quantitative estimate of drug-likeness (QED) is 0.778. The summed E-state index contributed by atoms with van der Waals surface area (Å²) in [6.45, 7) is 7.40. The molecule has 2 N–H and O–H groups in total. The second-order valence-corrected chi connectivity index (χ2v) is 6.46. The molecule has 1 aromatic rings. The maximum absolute atomic E-state index is 13.0. The molecule has 6 nitrogen and oxygen atoms in total. The molecule has 0 aromatic heterocycles. The molecule has 24 heavy (non-hydrogen) atoms. The number of nitrogens with one attached hydrogen (secondary N) is 2. The molecule has 0 heterocycles. The molecule has 134 valence electrons. The van der Waals surface area contributed by atoms with Crippen molar-refractivity contribution in [1.82, 2.24) is 10.6 Å². The lowest BCUT2D eigenvalue weighted by atomic mass is 10.1.